The smallest absolute Gasteiger partial charge is 0.119 e. The molecule has 0 aromatic heterocycles. The van der Waals surface area contributed by atoms with Crippen LogP contribution >= 0.6 is 0 Å². The summed E-state index contributed by atoms with van der Waals surface area (Å²) in [4.78, 5) is 0. The molecule has 0 heterocycles. The lowest BCUT2D eigenvalue weighted by Gasteiger charge is -2.37. The number of likely N-dealkylation sites (N-methyl/N-ethyl adjacent to an activating group) is 1. The second-order valence-electron chi connectivity index (χ2n) is 4.12. The van der Waals surface area contributed by atoms with Crippen LogP contribution in [0.2, 0.25) is 19.6 Å². The molecule has 0 saturated heterocycles. The summed E-state index contributed by atoms with van der Waals surface area (Å²) >= 11 is 0. The zero-order valence-electron chi connectivity index (χ0n) is 9.17. The maximum Gasteiger partial charge on any atom is 0.119 e. The van der Waals surface area contributed by atoms with Gasteiger partial charge in [-0.1, -0.05) is 32.6 Å². The third kappa shape index (κ3) is 3.75. The van der Waals surface area contributed by atoms with Crippen molar-refractivity contribution in [2.45, 2.75) is 39.0 Å². The van der Waals surface area contributed by atoms with E-state index < -0.39 is 8.24 Å². The molecule has 3 heteroatoms. The van der Waals surface area contributed by atoms with Crippen molar-refractivity contribution < 1.29 is 0 Å². The zero-order chi connectivity index (χ0) is 10.5. The summed E-state index contributed by atoms with van der Waals surface area (Å²) in [6.45, 7) is 13.8. The summed E-state index contributed by atoms with van der Waals surface area (Å²) in [5.74, 6) is 0. The average Bonchev–Trinajstić information content (AvgIpc) is 2.01. The van der Waals surface area contributed by atoms with E-state index in [0.29, 0.717) is 6.42 Å². The first-order valence-electron chi connectivity index (χ1n) is 4.73. The predicted molar refractivity (Wildman–Crippen MR) is 59.9 cm³/mol. The average molecular weight is 196 g/mol. The first-order valence-corrected chi connectivity index (χ1v) is 8.18. The van der Waals surface area contributed by atoms with Gasteiger partial charge in [0.15, 0.2) is 0 Å². The van der Waals surface area contributed by atoms with Crippen LogP contribution in [0.25, 0.3) is 0 Å². The molecule has 0 aliphatic heterocycles. The molecule has 0 bridgehead atoms. The molecule has 0 saturated carbocycles. The lowest BCUT2D eigenvalue weighted by molar-refractivity contribution is 0.384. The minimum Gasteiger partial charge on any atom is -0.317 e. The van der Waals surface area contributed by atoms with Gasteiger partial charge in [0.05, 0.1) is 12.5 Å². The highest BCUT2D eigenvalue weighted by Gasteiger charge is 2.27. The molecule has 2 nitrogen and oxygen atoms in total. The van der Waals surface area contributed by atoms with Gasteiger partial charge in [-0.15, -0.1) is 6.58 Å². The van der Waals surface area contributed by atoms with Crippen molar-refractivity contribution in [3.8, 4) is 6.07 Å². The number of nitriles is 1. The Kier molecular flexibility index (Phi) is 4.97. The van der Waals surface area contributed by atoms with E-state index in [2.05, 4.69) is 43.8 Å². The Morgan fingerprint density at radius 3 is 2.31 bits per heavy atom. The molecule has 1 atom stereocenters. The maximum absolute atomic E-state index is 8.67. The topological polar surface area (TPSA) is 27.0 Å². The Bertz CT molecular complexity index is 200. The molecule has 0 N–H and O–H groups in total. The highest BCUT2D eigenvalue weighted by Crippen LogP contribution is 2.15. The van der Waals surface area contributed by atoms with E-state index >= 15 is 0 Å². The van der Waals surface area contributed by atoms with E-state index in [0.717, 1.165) is 6.54 Å². The fraction of sp³-hybridized carbons (Fsp3) is 0.700. The van der Waals surface area contributed by atoms with Crippen LogP contribution in [0.15, 0.2) is 12.7 Å². The maximum atomic E-state index is 8.67. The van der Waals surface area contributed by atoms with Gasteiger partial charge in [-0.2, -0.15) is 5.26 Å². The van der Waals surface area contributed by atoms with Crippen molar-refractivity contribution in [1.82, 2.24) is 4.57 Å². The first-order chi connectivity index (χ1) is 5.97. The molecule has 0 aromatic carbocycles. The molecule has 1 unspecified atom stereocenters. The second-order valence-corrected chi connectivity index (χ2v) is 9.04. The summed E-state index contributed by atoms with van der Waals surface area (Å²) in [6.07, 6.45) is 2.45. The van der Waals surface area contributed by atoms with Crippen LogP contribution in [0.4, 0.5) is 0 Å². The Labute approximate surface area is 82.9 Å². The van der Waals surface area contributed by atoms with Crippen molar-refractivity contribution in [3.05, 3.63) is 12.7 Å². The molecule has 0 aromatic rings. The highest BCUT2D eigenvalue weighted by atomic mass is 28.3. The van der Waals surface area contributed by atoms with Crippen LogP contribution in [0.3, 0.4) is 0 Å². The van der Waals surface area contributed by atoms with Crippen molar-refractivity contribution in [1.29, 1.82) is 5.26 Å². The molecule has 0 radical (unpaired) electrons. The quantitative estimate of drug-likeness (QED) is 0.499. The Hall–Kier alpha value is -0.593. The Morgan fingerprint density at radius 1 is 1.54 bits per heavy atom. The van der Waals surface area contributed by atoms with E-state index in [1.54, 1.807) is 0 Å². The van der Waals surface area contributed by atoms with E-state index in [4.69, 9.17) is 5.26 Å². The molecular formula is C10H20N2Si. The van der Waals surface area contributed by atoms with Crippen molar-refractivity contribution in [2.24, 2.45) is 0 Å². The lowest BCUT2D eigenvalue weighted by Crippen LogP contribution is -2.50. The summed E-state index contributed by atoms with van der Waals surface area (Å²) in [5.41, 5.74) is 0. The number of hydrogen-bond donors (Lipinski definition) is 0. The molecular weight excluding hydrogens is 176 g/mol. The number of hydrogen-bond acceptors (Lipinski definition) is 2. The monoisotopic (exact) mass is 196 g/mol. The molecule has 0 rings (SSSR count). The summed E-state index contributed by atoms with van der Waals surface area (Å²) in [6, 6.07) is 2.45. The van der Waals surface area contributed by atoms with Crippen molar-refractivity contribution in [2.75, 3.05) is 6.54 Å². The first kappa shape index (κ1) is 12.4. The standard InChI is InChI=1S/C10H20N2Si/c1-6-10(8-9-11)12(7-2)13(3,4)5/h6,10H,1,7-8H2,2-5H3. The third-order valence-corrected chi connectivity index (χ3v) is 4.55. The van der Waals surface area contributed by atoms with Gasteiger partial charge < -0.3 is 4.57 Å². The molecule has 0 fully saturated rings. The summed E-state index contributed by atoms with van der Waals surface area (Å²) < 4.78 is 2.42. The Balaban J connectivity index is 4.54. The van der Waals surface area contributed by atoms with Gasteiger partial charge in [-0.05, 0) is 6.54 Å². The summed E-state index contributed by atoms with van der Waals surface area (Å²) in [7, 11) is -1.30. The zero-order valence-corrected chi connectivity index (χ0v) is 10.2. The molecule has 74 valence electrons. The second kappa shape index (κ2) is 5.20. The molecule has 0 spiro atoms. The van der Waals surface area contributed by atoms with Crippen LogP contribution < -0.4 is 0 Å². The van der Waals surface area contributed by atoms with Crippen LogP contribution in [0, 0.1) is 11.3 Å². The normalized spacial score (nSPS) is 13.8. The van der Waals surface area contributed by atoms with Crippen LogP contribution in [-0.4, -0.2) is 25.4 Å². The largest absolute Gasteiger partial charge is 0.317 e. The van der Waals surface area contributed by atoms with Gasteiger partial charge in [0.2, 0.25) is 0 Å². The SMILES string of the molecule is C=CC(CC#N)N(CC)[Si](C)(C)C. The van der Waals surface area contributed by atoms with Gasteiger partial charge in [-0.25, -0.2) is 0 Å². The number of nitrogens with zero attached hydrogens (tertiary/aromatic N) is 2. The third-order valence-electron chi connectivity index (χ3n) is 2.18. The molecule has 0 amide bonds. The van der Waals surface area contributed by atoms with Gasteiger partial charge in [0, 0.05) is 6.04 Å². The van der Waals surface area contributed by atoms with Crippen LogP contribution in [0.5, 0.6) is 0 Å². The van der Waals surface area contributed by atoms with Gasteiger partial charge in [0.1, 0.15) is 8.24 Å². The van der Waals surface area contributed by atoms with Crippen LogP contribution in [0.1, 0.15) is 13.3 Å². The Morgan fingerprint density at radius 2 is 2.08 bits per heavy atom. The predicted octanol–water partition coefficient (Wildman–Crippen LogP) is 2.61. The molecule has 0 aliphatic carbocycles. The van der Waals surface area contributed by atoms with E-state index in [9.17, 15) is 0 Å². The lowest BCUT2D eigenvalue weighted by atomic mass is 10.2. The van der Waals surface area contributed by atoms with Crippen molar-refractivity contribution >= 4 is 8.24 Å². The molecule has 0 aliphatic rings. The minimum atomic E-state index is -1.30. The highest BCUT2D eigenvalue weighted by molar-refractivity contribution is 6.73. The number of rotatable bonds is 5. The van der Waals surface area contributed by atoms with E-state index in [1.807, 2.05) is 6.08 Å². The molecule has 13 heavy (non-hydrogen) atoms. The van der Waals surface area contributed by atoms with Gasteiger partial charge in [0.25, 0.3) is 0 Å². The minimum absolute atomic E-state index is 0.238. The van der Waals surface area contributed by atoms with Crippen molar-refractivity contribution in [3.63, 3.8) is 0 Å². The van der Waals surface area contributed by atoms with Crippen LogP contribution in [-0.2, 0) is 0 Å². The van der Waals surface area contributed by atoms with Gasteiger partial charge in [-0.3, -0.25) is 0 Å². The van der Waals surface area contributed by atoms with Gasteiger partial charge >= 0.3 is 0 Å². The van der Waals surface area contributed by atoms with E-state index in [1.165, 1.54) is 0 Å². The fourth-order valence-corrected chi connectivity index (χ4v) is 3.76. The van der Waals surface area contributed by atoms with E-state index in [-0.39, 0.29) is 6.04 Å². The summed E-state index contributed by atoms with van der Waals surface area (Å²) in [5, 5.41) is 8.67. The fourth-order valence-electron chi connectivity index (χ4n) is 1.62.